The van der Waals surface area contributed by atoms with Gasteiger partial charge < -0.3 is 9.84 Å². The molecule has 0 aliphatic carbocycles. The van der Waals surface area contributed by atoms with E-state index in [9.17, 15) is 0 Å². The maximum Gasteiger partial charge on any atom is 0.150 e. The molecule has 0 spiro atoms. The largest absolute Gasteiger partial charge is 0.360 e. The molecule has 1 aromatic rings. The number of aromatic nitrogens is 1. The topological polar surface area (TPSA) is 41.3 Å². The van der Waals surface area contributed by atoms with E-state index in [-0.39, 0.29) is 0 Å². The predicted octanol–water partition coefficient (Wildman–Crippen LogP) is 1.25. The van der Waals surface area contributed by atoms with Gasteiger partial charge in [0.1, 0.15) is 0 Å². The Labute approximate surface area is 90.6 Å². The van der Waals surface area contributed by atoms with Crippen LogP contribution >= 0.6 is 0 Å². The lowest BCUT2D eigenvalue weighted by molar-refractivity contribution is 0.268. The lowest BCUT2D eigenvalue weighted by atomic mass is 10.2. The van der Waals surface area contributed by atoms with Crippen molar-refractivity contribution < 1.29 is 4.52 Å². The Balaban J connectivity index is 1.73. The first-order chi connectivity index (χ1) is 7.38. The zero-order valence-electron chi connectivity index (χ0n) is 9.28. The third kappa shape index (κ3) is 3.04. The molecule has 1 atom stereocenters. The van der Waals surface area contributed by atoms with Crippen LogP contribution in [0.2, 0.25) is 0 Å². The summed E-state index contributed by atoms with van der Waals surface area (Å²) in [5.41, 5.74) is 0. The summed E-state index contributed by atoms with van der Waals surface area (Å²) in [7, 11) is 0. The predicted molar refractivity (Wildman–Crippen MR) is 58.5 cm³/mol. The van der Waals surface area contributed by atoms with Gasteiger partial charge in [0.2, 0.25) is 0 Å². The maximum absolute atomic E-state index is 5.10. The average molecular weight is 209 g/mol. The van der Waals surface area contributed by atoms with Crippen molar-refractivity contribution in [3.05, 3.63) is 18.0 Å². The fraction of sp³-hybridized carbons (Fsp3) is 0.727. The van der Waals surface area contributed by atoms with Gasteiger partial charge in [0.05, 0.1) is 12.7 Å². The van der Waals surface area contributed by atoms with Crippen LogP contribution in [0.5, 0.6) is 0 Å². The van der Waals surface area contributed by atoms with Crippen molar-refractivity contribution in [3.63, 3.8) is 0 Å². The van der Waals surface area contributed by atoms with Gasteiger partial charge in [0.25, 0.3) is 0 Å². The van der Waals surface area contributed by atoms with E-state index in [4.69, 9.17) is 4.52 Å². The van der Waals surface area contributed by atoms with Crippen molar-refractivity contribution in [2.24, 2.45) is 0 Å². The van der Waals surface area contributed by atoms with E-state index < -0.39 is 0 Å². The SMILES string of the molecule is CCCNC1CCN(Cc2ccno2)C1. The summed E-state index contributed by atoms with van der Waals surface area (Å²) < 4.78 is 5.10. The van der Waals surface area contributed by atoms with E-state index in [1.807, 2.05) is 6.07 Å². The van der Waals surface area contributed by atoms with Crippen molar-refractivity contribution in [2.75, 3.05) is 19.6 Å². The average Bonchev–Trinajstić information content (AvgIpc) is 2.87. The fourth-order valence-corrected chi connectivity index (χ4v) is 2.04. The van der Waals surface area contributed by atoms with Crippen LogP contribution in [0.25, 0.3) is 0 Å². The maximum atomic E-state index is 5.10. The van der Waals surface area contributed by atoms with Gasteiger partial charge in [-0.2, -0.15) is 0 Å². The standard InChI is InChI=1S/C11H19N3O/c1-2-5-12-10-4-7-14(8-10)9-11-3-6-13-15-11/h3,6,10,12H,2,4-5,7-9H2,1H3. The molecule has 84 valence electrons. The third-order valence-corrected chi connectivity index (χ3v) is 2.83. The first-order valence-electron chi connectivity index (χ1n) is 5.73. The van der Waals surface area contributed by atoms with Gasteiger partial charge in [-0.3, -0.25) is 4.90 Å². The number of likely N-dealkylation sites (tertiary alicyclic amines) is 1. The molecule has 1 aromatic heterocycles. The van der Waals surface area contributed by atoms with E-state index in [1.54, 1.807) is 6.20 Å². The molecule has 0 bridgehead atoms. The second kappa shape index (κ2) is 5.28. The van der Waals surface area contributed by atoms with Gasteiger partial charge in [0.15, 0.2) is 5.76 Å². The summed E-state index contributed by atoms with van der Waals surface area (Å²) in [6.07, 6.45) is 4.16. The molecule has 4 nitrogen and oxygen atoms in total. The molecule has 0 amide bonds. The van der Waals surface area contributed by atoms with Gasteiger partial charge >= 0.3 is 0 Å². The smallest absolute Gasteiger partial charge is 0.150 e. The molecular formula is C11H19N3O. The first-order valence-corrected chi connectivity index (χ1v) is 5.73. The van der Waals surface area contributed by atoms with Crippen molar-refractivity contribution in [3.8, 4) is 0 Å². The molecule has 2 rings (SSSR count). The molecule has 0 aromatic carbocycles. The molecule has 1 saturated heterocycles. The second-order valence-corrected chi connectivity index (χ2v) is 4.15. The summed E-state index contributed by atoms with van der Waals surface area (Å²) in [4.78, 5) is 2.41. The quantitative estimate of drug-likeness (QED) is 0.792. The van der Waals surface area contributed by atoms with Gasteiger partial charge in [-0.1, -0.05) is 12.1 Å². The molecule has 1 N–H and O–H groups in total. The van der Waals surface area contributed by atoms with Crippen molar-refractivity contribution in [2.45, 2.75) is 32.4 Å². The highest BCUT2D eigenvalue weighted by molar-refractivity contribution is 4.94. The third-order valence-electron chi connectivity index (χ3n) is 2.83. The molecule has 1 fully saturated rings. The number of rotatable bonds is 5. The second-order valence-electron chi connectivity index (χ2n) is 4.15. The molecule has 2 heterocycles. The zero-order valence-corrected chi connectivity index (χ0v) is 9.28. The van der Waals surface area contributed by atoms with E-state index in [2.05, 4.69) is 22.3 Å². The molecule has 1 unspecified atom stereocenters. The molecule has 0 radical (unpaired) electrons. The minimum absolute atomic E-state index is 0.660. The Morgan fingerprint density at radius 2 is 2.60 bits per heavy atom. The monoisotopic (exact) mass is 209 g/mol. The van der Waals surface area contributed by atoms with Gasteiger partial charge in [0, 0.05) is 25.2 Å². The highest BCUT2D eigenvalue weighted by Crippen LogP contribution is 2.12. The number of hydrogen-bond acceptors (Lipinski definition) is 4. The minimum atomic E-state index is 0.660. The lowest BCUT2D eigenvalue weighted by Gasteiger charge is -2.14. The van der Waals surface area contributed by atoms with Crippen LogP contribution in [-0.2, 0) is 6.54 Å². The number of nitrogens with zero attached hydrogens (tertiary/aromatic N) is 2. The Bertz CT molecular complexity index is 273. The van der Waals surface area contributed by atoms with Gasteiger partial charge in [-0.15, -0.1) is 0 Å². The Kier molecular flexibility index (Phi) is 3.75. The van der Waals surface area contributed by atoms with Gasteiger partial charge in [-0.05, 0) is 19.4 Å². The molecule has 4 heteroatoms. The number of nitrogens with one attached hydrogen (secondary N) is 1. The fourth-order valence-electron chi connectivity index (χ4n) is 2.04. The van der Waals surface area contributed by atoms with E-state index in [0.29, 0.717) is 6.04 Å². The van der Waals surface area contributed by atoms with Crippen LogP contribution in [-0.4, -0.2) is 35.7 Å². The van der Waals surface area contributed by atoms with Crippen LogP contribution in [0.15, 0.2) is 16.8 Å². The first kappa shape index (κ1) is 10.6. The Morgan fingerprint density at radius 3 is 3.33 bits per heavy atom. The molecule has 15 heavy (non-hydrogen) atoms. The summed E-state index contributed by atoms with van der Waals surface area (Å²) in [6, 6.07) is 2.60. The van der Waals surface area contributed by atoms with Crippen molar-refractivity contribution in [1.29, 1.82) is 0 Å². The van der Waals surface area contributed by atoms with E-state index in [1.165, 1.54) is 12.8 Å². The van der Waals surface area contributed by atoms with Crippen LogP contribution in [0.1, 0.15) is 25.5 Å². The summed E-state index contributed by atoms with van der Waals surface area (Å²) in [6.45, 7) is 6.50. The normalized spacial score (nSPS) is 22.3. The highest BCUT2D eigenvalue weighted by atomic mass is 16.5. The molecule has 1 aliphatic heterocycles. The van der Waals surface area contributed by atoms with E-state index >= 15 is 0 Å². The van der Waals surface area contributed by atoms with Crippen LogP contribution < -0.4 is 5.32 Å². The van der Waals surface area contributed by atoms with Crippen LogP contribution in [0.3, 0.4) is 0 Å². The van der Waals surface area contributed by atoms with Crippen LogP contribution in [0.4, 0.5) is 0 Å². The molecule has 1 aliphatic rings. The summed E-state index contributed by atoms with van der Waals surface area (Å²) >= 11 is 0. The van der Waals surface area contributed by atoms with Crippen molar-refractivity contribution >= 4 is 0 Å². The molecular weight excluding hydrogens is 190 g/mol. The number of hydrogen-bond donors (Lipinski definition) is 1. The Morgan fingerprint density at radius 1 is 1.67 bits per heavy atom. The Hall–Kier alpha value is -0.870. The van der Waals surface area contributed by atoms with Crippen LogP contribution in [0, 0.1) is 0 Å². The zero-order chi connectivity index (χ0) is 10.5. The van der Waals surface area contributed by atoms with Crippen molar-refractivity contribution in [1.82, 2.24) is 15.4 Å². The highest BCUT2D eigenvalue weighted by Gasteiger charge is 2.22. The summed E-state index contributed by atoms with van der Waals surface area (Å²) in [5, 5.41) is 7.27. The minimum Gasteiger partial charge on any atom is -0.360 e. The van der Waals surface area contributed by atoms with Gasteiger partial charge in [-0.25, -0.2) is 0 Å². The summed E-state index contributed by atoms with van der Waals surface area (Å²) in [5.74, 6) is 0.964. The lowest BCUT2D eigenvalue weighted by Crippen LogP contribution is -2.32. The molecule has 0 saturated carbocycles. The van der Waals surface area contributed by atoms with E-state index in [0.717, 1.165) is 31.9 Å².